The number of aromatic nitrogens is 3. The highest BCUT2D eigenvalue weighted by atomic mass is 16.5. The van der Waals surface area contributed by atoms with Gasteiger partial charge in [-0.2, -0.15) is 0 Å². The fourth-order valence-corrected chi connectivity index (χ4v) is 7.31. The van der Waals surface area contributed by atoms with Gasteiger partial charge in [0.1, 0.15) is 5.92 Å². The first-order valence-corrected chi connectivity index (χ1v) is 15.4. The average Bonchev–Trinajstić information content (AvgIpc) is 3.76. The number of nitrogens with one attached hydrogen (secondary N) is 4. The monoisotopic (exact) mass is 628 g/mol. The normalized spacial score (nSPS) is 19.0. The molecule has 11 nitrogen and oxygen atoms in total. The number of amides is 1. The van der Waals surface area contributed by atoms with Crippen LogP contribution in [-0.4, -0.2) is 63.1 Å². The summed E-state index contributed by atoms with van der Waals surface area (Å²) in [4.78, 5) is 73.3. The van der Waals surface area contributed by atoms with Crippen LogP contribution < -0.4 is 5.32 Å². The molecule has 3 atom stereocenters. The molecule has 3 aromatic heterocycles. The minimum absolute atomic E-state index is 0.151. The van der Waals surface area contributed by atoms with Crippen LogP contribution in [0.1, 0.15) is 103 Å². The van der Waals surface area contributed by atoms with Crippen LogP contribution in [0.25, 0.3) is 0 Å². The Morgan fingerprint density at radius 3 is 2.24 bits per heavy atom. The van der Waals surface area contributed by atoms with Crippen molar-refractivity contribution in [1.82, 2.24) is 20.3 Å². The van der Waals surface area contributed by atoms with Crippen LogP contribution >= 0.6 is 0 Å². The zero-order valence-electron chi connectivity index (χ0n) is 27.0. The zero-order valence-corrected chi connectivity index (χ0v) is 27.0. The zero-order chi connectivity index (χ0) is 33.6. The summed E-state index contributed by atoms with van der Waals surface area (Å²) in [6.07, 6.45) is 3.89. The van der Waals surface area contributed by atoms with E-state index in [1.54, 1.807) is 0 Å². The van der Waals surface area contributed by atoms with E-state index in [9.17, 15) is 29.1 Å². The number of aliphatic carboxylic acids is 1. The number of carboxylic acid groups (broad SMARTS) is 1. The summed E-state index contributed by atoms with van der Waals surface area (Å²) in [5, 5.41) is 12.6. The van der Waals surface area contributed by atoms with Crippen molar-refractivity contribution < 1.29 is 33.8 Å². The van der Waals surface area contributed by atoms with Gasteiger partial charge in [-0.25, -0.2) is 0 Å². The Balaban J connectivity index is 1.64. The van der Waals surface area contributed by atoms with Crippen LogP contribution in [0, 0.1) is 26.7 Å². The topological polar surface area (TPSA) is 174 Å². The summed E-state index contributed by atoms with van der Waals surface area (Å²) < 4.78 is 5.13. The summed E-state index contributed by atoms with van der Waals surface area (Å²) >= 11 is 0. The number of ketones is 1. The van der Waals surface area contributed by atoms with Crippen molar-refractivity contribution in [2.24, 2.45) is 5.92 Å². The van der Waals surface area contributed by atoms with Gasteiger partial charge in [-0.15, -0.1) is 0 Å². The van der Waals surface area contributed by atoms with Crippen LogP contribution in [-0.2, 0) is 44.8 Å². The van der Waals surface area contributed by atoms with E-state index in [0.29, 0.717) is 52.2 Å². The van der Waals surface area contributed by atoms with Crippen molar-refractivity contribution >= 4 is 29.9 Å². The fraction of sp³-hybridized carbons (Fsp3) is 0.400. The lowest BCUT2D eigenvalue weighted by atomic mass is 9.87. The van der Waals surface area contributed by atoms with Gasteiger partial charge in [0, 0.05) is 58.9 Å². The molecule has 0 bridgehead atoms. The van der Waals surface area contributed by atoms with Gasteiger partial charge in [0.05, 0.1) is 24.8 Å². The lowest BCUT2D eigenvalue weighted by Crippen LogP contribution is -2.30. The molecular weight excluding hydrogens is 588 g/mol. The van der Waals surface area contributed by atoms with E-state index in [1.807, 2.05) is 34.6 Å². The summed E-state index contributed by atoms with van der Waals surface area (Å²) in [6.45, 7) is 13.3. The SMILES string of the molecule is C=CC1=C(C)C(Cc2[nH]c([C@@H]3c4[nH]c(Cc5[nH]c(C=O)c(C)c5CC)c(C)c4C(=O)[C@H]3C(=O)OC)c(CCC(=O)O)c2C)NC1=O. The van der Waals surface area contributed by atoms with E-state index < -0.39 is 23.8 Å². The number of fused-ring (bicyclic) bond motifs is 1. The van der Waals surface area contributed by atoms with Crippen molar-refractivity contribution in [3.8, 4) is 0 Å². The first-order valence-electron chi connectivity index (χ1n) is 15.4. The standard InChI is InChI=1S/C35H40N4O7/c1-8-19-15(3)26(14-40)36-25(19)13-24-18(6)28-32(38-24)29(30(33(28)43)35(45)46-7)31-21(10-11-27(41)42)17(5)22(37-31)12-23-16(4)20(9-2)34(44)39-23/h9,14,23,29-30,36-38H,2,8,10-13H2,1,3-7H3,(H,39,44)(H,41,42)/t23?,29-,30+/m1/s1. The predicted molar refractivity (Wildman–Crippen MR) is 170 cm³/mol. The molecule has 0 fully saturated rings. The first-order chi connectivity index (χ1) is 21.9. The molecule has 0 spiro atoms. The second kappa shape index (κ2) is 12.5. The van der Waals surface area contributed by atoms with E-state index in [4.69, 9.17) is 4.74 Å². The average molecular weight is 629 g/mol. The van der Waals surface area contributed by atoms with Gasteiger partial charge in [0.15, 0.2) is 12.1 Å². The number of ether oxygens (including phenoxy) is 1. The second-order valence-corrected chi connectivity index (χ2v) is 12.2. The van der Waals surface area contributed by atoms with Gasteiger partial charge in [-0.3, -0.25) is 24.0 Å². The van der Waals surface area contributed by atoms with Crippen LogP contribution in [0.2, 0.25) is 0 Å². The Morgan fingerprint density at radius 1 is 0.957 bits per heavy atom. The highest BCUT2D eigenvalue weighted by Gasteiger charge is 2.50. The number of esters is 1. The van der Waals surface area contributed by atoms with E-state index >= 15 is 0 Å². The maximum atomic E-state index is 14.0. The number of aldehydes is 1. The minimum atomic E-state index is -1.17. The first kappa shape index (κ1) is 32.5. The fourth-order valence-electron chi connectivity index (χ4n) is 7.31. The summed E-state index contributed by atoms with van der Waals surface area (Å²) in [5.41, 5.74) is 10.0. The molecule has 46 heavy (non-hydrogen) atoms. The lowest BCUT2D eigenvalue weighted by molar-refractivity contribution is -0.144. The lowest BCUT2D eigenvalue weighted by Gasteiger charge is -2.19. The van der Waals surface area contributed by atoms with Gasteiger partial charge in [0.2, 0.25) is 0 Å². The molecule has 1 aliphatic heterocycles. The molecule has 242 valence electrons. The minimum Gasteiger partial charge on any atom is -0.481 e. The number of hydrogen-bond acceptors (Lipinski definition) is 6. The van der Waals surface area contributed by atoms with E-state index in [-0.39, 0.29) is 30.6 Å². The molecule has 0 radical (unpaired) electrons. The number of carbonyl (C=O) groups is 5. The Labute approximate surface area is 266 Å². The summed E-state index contributed by atoms with van der Waals surface area (Å²) in [6, 6.07) is -0.303. The van der Waals surface area contributed by atoms with Crippen molar-refractivity contribution in [2.75, 3.05) is 7.11 Å². The number of carbonyl (C=O) groups excluding carboxylic acids is 4. The van der Waals surface area contributed by atoms with Crippen LogP contribution in [0.4, 0.5) is 0 Å². The highest BCUT2D eigenvalue weighted by Crippen LogP contribution is 2.47. The van der Waals surface area contributed by atoms with Gasteiger partial charge in [-0.05, 0) is 73.9 Å². The molecule has 2 aliphatic rings. The molecular formula is C35H40N4O7. The quantitative estimate of drug-likeness (QED) is 0.113. The van der Waals surface area contributed by atoms with E-state index in [1.165, 1.54) is 13.2 Å². The maximum Gasteiger partial charge on any atom is 0.317 e. The number of rotatable bonds is 12. The Kier molecular flexibility index (Phi) is 8.79. The third-order valence-electron chi connectivity index (χ3n) is 9.87. The summed E-state index contributed by atoms with van der Waals surface area (Å²) in [7, 11) is 1.24. The number of hydrogen-bond donors (Lipinski definition) is 5. The second-order valence-electron chi connectivity index (χ2n) is 12.2. The molecule has 0 saturated heterocycles. The number of Topliss-reactive ketones (excluding diaryl/α,β-unsaturated/α-hetero) is 1. The molecule has 5 rings (SSSR count). The van der Waals surface area contributed by atoms with Crippen LogP contribution in [0.15, 0.2) is 23.8 Å². The third-order valence-corrected chi connectivity index (χ3v) is 9.87. The molecule has 4 heterocycles. The van der Waals surface area contributed by atoms with E-state index in [0.717, 1.165) is 52.1 Å². The van der Waals surface area contributed by atoms with Crippen molar-refractivity contribution in [2.45, 2.75) is 78.7 Å². The molecule has 11 heteroatoms. The van der Waals surface area contributed by atoms with Gasteiger partial charge in [-0.1, -0.05) is 19.6 Å². The van der Waals surface area contributed by atoms with Crippen molar-refractivity contribution in [3.05, 3.63) is 91.3 Å². The molecule has 5 N–H and O–H groups in total. The van der Waals surface area contributed by atoms with Crippen molar-refractivity contribution in [1.29, 1.82) is 0 Å². The molecule has 0 saturated carbocycles. The van der Waals surface area contributed by atoms with E-state index in [2.05, 4.69) is 26.8 Å². The van der Waals surface area contributed by atoms with Crippen LogP contribution in [0.5, 0.6) is 0 Å². The molecule has 3 aromatic rings. The third kappa shape index (κ3) is 5.23. The molecule has 0 aromatic carbocycles. The smallest absolute Gasteiger partial charge is 0.317 e. The number of carboxylic acids is 1. The van der Waals surface area contributed by atoms with Gasteiger partial charge in [0.25, 0.3) is 5.91 Å². The number of aromatic amines is 3. The van der Waals surface area contributed by atoms with Gasteiger partial charge >= 0.3 is 11.9 Å². The highest BCUT2D eigenvalue weighted by molar-refractivity contribution is 6.14. The number of methoxy groups -OCH3 is 1. The largest absolute Gasteiger partial charge is 0.481 e. The maximum absolute atomic E-state index is 14.0. The van der Waals surface area contributed by atoms with Crippen molar-refractivity contribution in [3.63, 3.8) is 0 Å². The molecule has 1 amide bonds. The number of H-pyrrole nitrogens is 3. The molecule has 1 unspecified atom stereocenters. The predicted octanol–water partition coefficient (Wildman–Crippen LogP) is 4.24. The molecule has 1 aliphatic carbocycles. The summed E-state index contributed by atoms with van der Waals surface area (Å²) in [5.74, 6) is -4.18. The van der Waals surface area contributed by atoms with Gasteiger partial charge < -0.3 is 30.1 Å². The Bertz CT molecular complexity index is 1830. The Morgan fingerprint density at radius 2 is 1.65 bits per heavy atom. The van der Waals surface area contributed by atoms with Crippen LogP contribution in [0.3, 0.4) is 0 Å². The Hall–Kier alpha value is -4.93.